The molecule has 0 atom stereocenters. The zero-order valence-corrected chi connectivity index (χ0v) is 29.5. The summed E-state index contributed by atoms with van der Waals surface area (Å²) in [6, 6.07) is 61.2. The highest BCUT2D eigenvalue weighted by Gasteiger charge is 2.38. The minimum absolute atomic E-state index is 0.0598. The molecule has 0 saturated carbocycles. The lowest BCUT2D eigenvalue weighted by molar-refractivity contribution is 0.660. The fraction of sp³-hybridized carbons (Fsp3) is 0.120. The Bertz CT molecular complexity index is 2700. The Morgan fingerprint density at radius 2 is 0.863 bits per heavy atom. The first kappa shape index (κ1) is 29.9. The molecule has 0 N–H and O–H groups in total. The van der Waals surface area contributed by atoms with Crippen LogP contribution in [0.4, 0.5) is 17.1 Å². The topological polar surface area (TPSA) is 3.24 Å². The van der Waals surface area contributed by atoms with E-state index in [0.717, 1.165) is 11.4 Å². The predicted octanol–water partition coefficient (Wildman–Crippen LogP) is 13.7. The van der Waals surface area contributed by atoms with Crippen LogP contribution in [0.25, 0.3) is 54.9 Å². The van der Waals surface area contributed by atoms with Crippen molar-refractivity contribution >= 4 is 38.6 Å². The molecule has 51 heavy (non-hydrogen) atoms. The van der Waals surface area contributed by atoms with Crippen molar-refractivity contribution in [2.24, 2.45) is 0 Å². The smallest absolute Gasteiger partial charge is 0.0546 e. The summed E-state index contributed by atoms with van der Waals surface area (Å²) < 4.78 is 0. The van der Waals surface area contributed by atoms with Gasteiger partial charge in [-0.05, 0) is 102 Å². The van der Waals surface area contributed by atoms with Crippen LogP contribution in [-0.4, -0.2) is 0 Å². The van der Waals surface area contributed by atoms with Crippen molar-refractivity contribution in [2.75, 3.05) is 4.90 Å². The van der Waals surface area contributed by atoms with E-state index in [0.29, 0.717) is 0 Å². The van der Waals surface area contributed by atoms with E-state index in [1.807, 2.05) is 0 Å². The van der Waals surface area contributed by atoms with Crippen molar-refractivity contribution in [1.82, 2.24) is 0 Å². The van der Waals surface area contributed by atoms with E-state index >= 15 is 0 Å². The van der Waals surface area contributed by atoms with Crippen LogP contribution in [0, 0.1) is 0 Å². The van der Waals surface area contributed by atoms with Crippen LogP contribution in [0.5, 0.6) is 0 Å². The minimum Gasteiger partial charge on any atom is -0.310 e. The lowest BCUT2D eigenvalue weighted by atomic mass is 9.82. The molecule has 8 aromatic carbocycles. The second-order valence-electron chi connectivity index (χ2n) is 15.3. The number of benzene rings is 8. The Balaban J connectivity index is 1.29. The molecule has 2 aliphatic rings. The first-order valence-corrected chi connectivity index (χ1v) is 18.1. The highest BCUT2D eigenvalue weighted by atomic mass is 15.1. The second kappa shape index (κ2) is 10.8. The number of hydrogen-bond donors (Lipinski definition) is 0. The van der Waals surface area contributed by atoms with Gasteiger partial charge in [-0.3, -0.25) is 0 Å². The molecule has 244 valence electrons. The molecular weight excluding hydrogens is 615 g/mol. The van der Waals surface area contributed by atoms with Gasteiger partial charge in [-0.25, -0.2) is 0 Å². The second-order valence-corrected chi connectivity index (χ2v) is 15.3. The molecule has 0 fully saturated rings. The molecule has 8 aromatic rings. The average molecular weight is 654 g/mol. The molecule has 0 bridgehead atoms. The van der Waals surface area contributed by atoms with Gasteiger partial charge in [0.05, 0.1) is 5.69 Å². The van der Waals surface area contributed by atoms with Crippen molar-refractivity contribution in [1.29, 1.82) is 0 Å². The summed E-state index contributed by atoms with van der Waals surface area (Å²) in [5.41, 5.74) is 16.7. The van der Waals surface area contributed by atoms with Crippen molar-refractivity contribution < 1.29 is 0 Å². The third-order valence-electron chi connectivity index (χ3n) is 11.9. The van der Waals surface area contributed by atoms with Crippen molar-refractivity contribution in [3.63, 3.8) is 0 Å². The fourth-order valence-corrected chi connectivity index (χ4v) is 9.28. The number of fused-ring (bicyclic) bond motifs is 8. The van der Waals surface area contributed by atoms with Crippen LogP contribution in [-0.2, 0) is 10.8 Å². The highest BCUT2D eigenvalue weighted by Crippen LogP contribution is 2.54. The zero-order chi connectivity index (χ0) is 34.5. The third kappa shape index (κ3) is 4.28. The third-order valence-corrected chi connectivity index (χ3v) is 11.9. The Kier molecular flexibility index (Phi) is 6.34. The molecule has 0 spiro atoms. The fourth-order valence-electron chi connectivity index (χ4n) is 9.28. The van der Waals surface area contributed by atoms with Crippen LogP contribution in [0.15, 0.2) is 164 Å². The summed E-state index contributed by atoms with van der Waals surface area (Å²) in [6.45, 7) is 9.46. The normalized spacial score (nSPS) is 14.6. The quantitative estimate of drug-likeness (QED) is 0.183. The highest BCUT2D eigenvalue weighted by molar-refractivity contribution is 6.11. The van der Waals surface area contributed by atoms with E-state index in [2.05, 4.69) is 196 Å². The molecule has 10 rings (SSSR count). The number of nitrogens with zero attached hydrogens (tertiary/aromatic N) is 1. The Morgan fingerprint density at radius 3 is 1.63 bits per heavy atom. The van der Waals surface area contributed by atoms with Crippen molar-refractivity contribution in [2.45, 2.75) is 38.5 Å². The lowest BCUT2D eigenvalue weighted by Crippen LogP contribution is -2.17. The van der Waals surface area contributed by atoms with E-state index in [9.17, 15) is 0 Å². The SMILES string of the molecule is CC1(C)c2ccccc2-c2cc(N(c3ccc4c(c3)C(C)(C)c3ccccc3-4)c3ccc4ccccc4c3-c3cccc4ccccc34)ccc21. The predicted molar refractivity (Wildman–Crippen MR) is 217 cm³/mol. The summed E-state index contributed by atoms with van der Waals surface area (Å²) >= 11 is 0. The summed E-state index contributed by atoms with van der Waals surface area (Å²) in [5.74, 6) is 0. The average Bonchev–Trinajstić information content (AvgIpc) is 3.54. The summed E-state index contributed by atoms with van der Waals surface area (Å²) in [6.07, 6.45) is 0. The van der Waals surface area contributed by atoms with Crippen molar-refractivity contribution in [3.05, 3.63) is 186 Å². The maximum Gasteiger partial charge on any atom is 0.0546 e. The van der Waals surface area contributed by atoms with Gasteiger partial charge in [0.25, 0.3) is 0 Å². The van der Waals surface area contributed by atoms with Crippen LogP contribution >= 0.6 is 0 Å². The van der Waals surface area contributed by atoms with Gasteiger partial charge < -0.3 is 4.90 Å². The van der Waals surface area contributed by atoms with E-state index < -0.39 is 0 Å². The van der Waals surface area contributed by atoms with Gasteiger partial charge in [-0.15, -0.1) is 0 Å². The largest absolute Gasteiger partial charge is 0.310 e. The maximum atomic E-state index is 2.52. The molecule has 0 radical (unpaired) electrons. The van der Waals surface area contributed by atoms with E-state index in [1.54, 1.807) is 0 Å². The molecule has 1 nitrogen and oxygen atoms in total. The maximum absolute atomic E-state index is 2.52. The van der Waals surface area contributed by atoms with E-state index in [4.69, 9.17) is 0 Å². The van der Waals surface area contributed by atoms with Crippen LogP contribution in [0.3, 0.4) is 0 Å². The molecular formula is C50H39N. The summed E-state index contributed by atoms with van der Waals surface area (Å²) in [4.78, 5) is 2.52. The Morgan fingerprint density at radius 1 is 0.353 bits per heavy atom. The van der Waals surface area contributed by atoms with Crippen LogP contribution in [0.2, 0.25) is 0 Å². The first-order valence-electron chi connectivity index (χ1n) is 18.1. The molecule has 0 unspecified atom stereocenters. The molecule has 0 amide bonds. The number of rotatable bonds is 4. The van der Waals surface area contributed by atoms with E-state index in [-0.39, 0.29) is 10.8 Å². The lowest BCUT2D eigenvalue weighted by Gasteiger charge is -2.31. The standard InChI is InChI=1S/C50H39N/c1-49(2)44-23-12-10-20-39(44)42-30-34(26-28-45(42)49)51(35-25-27-40-38-19-9-11-22-43(38)50(3,4)46(40)31-35)47-29-24-33-15-6-8-18-37(33)48(47)41-21-13-16-32-14-5-7-17-36(32)41/h5-31H,1-4H3. The van der Waals surface area contributed by atoms with Gasteiger partial charge in [0.15, 0.2) is 0 Å². The summed E-state index contributed by atoms with van der Waals surface area (Å²) in [5, 5.41) is 4.98. The number of hydrogen-bond acceptors (Lipinski definition) is 1. The monoisotopic (exact) mass is 653 g/mol. The zero-order valence-electron chi connectivity index (χ0n) is 29.5. The molecule has 1 heteroatoms. The Labute approximate surface area is 300 Å². The minimum atomic E-state index is -0.115. The van der Waals surface area contributed by atoms with Gasteiger partial charge in [0.1, 0.15) is 0 Å². The summed E-state index contributed by atoms with van der Waals surface area (Å²) in [7, 11) is 0. The first-order chi connectivity index (χ1) is 24.8. The van der Waals surface area contributed by atoms with Crippen molar-refractivity contribution in [3.8, 4) is 33.4 Å². The van der Waals surface area contributed by atoms with Gasteiger partial charge in [0.2, 0.25) is 0 Å². The van der Waals surface area contributed by atoms with Crippen LogP contribution < -0.4 is 4.90 Å². The molecule has 0 aliphatic heterocycles. The van der Waals surface area contributed by atoms with Gasteiger partial charge in [-0.2, -0.15) is 0 Å². The van der Waals surface area contributed by atoms with E-state index in [1.165, 1.54) is 82.9 Å². The van der Waals surface area contributed by atoms with Gasteiger partial charge in [-0.1, -0.05) is 161 Å². The van der Waals surface area contributed by atoms with Gasteiger partial charge >= 0.3 is 0 Å². The number of anilines is 3. The Hall–Kier alpha value is -5.92. The van der Waals surface area contributed by atoms with Crippen LogP contribution in [0.1, 0.15) is 49.9 Å². The van der Waals surface area contributed by atoms with Gasteiger partial charge in [0, 0.05) is 27.8 Å². The molecule has 0 saturated heterocycles. The molecule has 2 aliphatic carbocycles. The molecule has 0 aromatic heterocycles. The molecule has 0 heterocycles.